The van der Waals surface area contributed by atoms with Gasteiger partial charge in [-0.1, -0.05) is 6.07 Å². The number of amides is 1. The van der Waals surface area contributed by atoms with Crippen molar-refractivity contribution in [1.82, 2.24) is 19.7 Å². The average molecular weight is 340 g/mol. The van der Waals surface area contributed by atoms with E-state index in [2.05, 4.69) is 14.8 Å². The molecular weight excluding hydrogens is 316 g/mol. The second-order valence-corrected chi connectivity index (χ2v) is 7.10. The van der Waals surface area contributed by atoms with Crippen LogP contribution in [0.25, 0.3) is 0 Å². The van der Waals surface area contributed by atoms with E-state index in [1.807, 2.05) is 29.3 Å². The molecule has 6 nitrogen and oxygen atoms in total. The van der Waals surface area contributed by atoms with E-state index in [-0.39, 0.29) is 11.8 Å². The zero-order chi connectivity index (χ0) is 17.2. The lowest BCUT2D eigenvalue weighted by Crippen LogP contribution is -2.41. The molecule has 2 aromatic heterocycles. The Morgan fingerprint density at radius 1 is 1.36 bits per heavy atom. The third-order valence-electron chi connectivity index (χ3n) is 5.11. The van der Waals surface area contributed by atoms with Gasteiger partial charge in [-0.2, -0.15) is 5.10 Å². The van der Waals surface area contributed by atoms with Crippen LogP contribution in [-0.4, -0.2) is 45.8 Å². The monoisotopic (exact) mass is 340 g/mol. The Morgan fingerprint density at radius 2 is 2.24 bits per heavy atom. The molecule has 1 aliphatic carbocycles. The van der Waals surface area contributed by atoms with Gasteiger partial charge in [0, 0.05) is 43.6 Å². The zero-order valence-electron chi connectivity index (χ0n) is 14.6. The lowest BCUT2D eigenvalue weighted by Gasteiger charge is -2.33. The number of fused-ring (bicyclic) bond motifs is 1. The summed E-state index contributed by atoms with van der Waals surface area (Å²) in [6.45, 7) is 2.89. The molecular formula is C19H24N4O2. The molecule has 1 aliphatic heterocycles. The van der Waals surface area contributed by atoms with E-state index in [9.17, 15) is 4.79 Å². The van der Waals surface area contributed by atoms with Crippen molar-refractivity contribution in [3.05, 3.63) is 47.5 Å². The fourth-order valence-electron chi connectivity index (χ4n) is 3.55. The van der Waals surface area contributed by atoms with Crippen molar-refractivity contribution in [3.63, 3.8) is 0 Å². The summed E-state index contributed by atoms with van der Waals surface area (Å²) < 4.78 is 7.51. The summed E-state index contributed by atoms with van der Waals surface area (Å²) in [7, 11) is 1.71. The number of nitrogens with zero attached hydrogens (tertiary/aromatic N) is 4. The number of carbonyl (C=O) groups excluding carboxylic acids is 1. The van der Waals surface area contributed by atoms with Gasteiger partial charge in [-0.05, 0) is 30.9 Å². The first-order valence-electron chi connectivity index (χ1n) is 8.95. The average Bonchev–Trinajstić information content (AvgIpc) is 3.35. The minimum Gasteiger partial charge on any atom is -0.384 e. The zero-order valence-corrected chi connectivity index (χ0v) is 14.6. The van der Waals surface area contributed by atoms with Gasteiger partial charge in [0.25, 0.3) is 0 Å². The molecule has 2 aromatic rings. The van der Waals surface area contributed by atoms with Crippen LogP contribution in [0.3, 0.4) is 0 Å². The smallest absolute Gasteiger partial charge is 0.228 e. The van der Waals surface area contributed by atoms with E-state index in [0.29, 0.717) is 26.1 Å². The molecule has 132 valence electrons. The first-order chi connectivity index (χ1) is 12.2. The second-order valence-electron chi connectivity index (χ2n) is 7.10. The normalized spacial score (nSPS) is 19.7. The first-order valence-corrected chi connectivity index (χ1v) is 8.95. The molecule has 0 aromatic carbocycles. The van der Waals surface area contributed by atoms with Crippen LogP contribution in [0, 0.1) is 5.92 Å². The predicted molar refractivity (Wildman–Crippen MR) is 92.9 cm³/mol. The van der Waals surface area contributed by atoms with E-state index in [4.69, 9.17) is 4.74 Å². The summed E-state index contributed by atoms with van der Waals surface area (Å²) in [5.41, 5.74) is 3.23. The van der Waals surface area contributed by atoms with Gasteiger partial charge in [-0.15, -0.1) is 0 Å². The van der Waals surface area contributed by atoms with Crippen molar-refractivity contribution in [2.75, 3.05) is 20.3 Å². The van der Waals surface area contributed by atoms with Gasteiger partial charge in [0.2, 0.25) is 5.91 Å². The molecule has 1 atom stereocenters. The second kappa shape index (κ2) is 6.96. The number of ether oxygens (including phenoxy) is 1. The number of rotatable bonds is 6. The summed E-state index contributed by atoms with van der Waals surface area (Å²) >= 11 is 0. The van der Waals surface area contributed by atoms with Crippen molar-refractivity contribution in [2.45, 2.75) is 38.3 Å². The quantitative estimate of drug-likeness (QED) is 0.807. The Morgan fingerprint density at radius 3 is 2.96 bits per heavy atom. The van der Waals surface area contributed by atoms with E-state index in [1.54, 1.807) is 13.3 Å². The molecule has 0 radical (unpaired) electrons. The maximum atomic E-state index is 12.8. The van der Waals surface area contributed by atoms with E-state index in [1.165, 1.54) is 24.1 Å². The van der Waals surface area contributed by atoms with Crippen molar-refractivity contribution < 1.29 is 9.53 Å². The summed E-state index contributed by atoms with van der Waals surface area (Å²) in [6, 6.07) is 5.69. The molecule has 1 saturated carbocycles. The lowest BCUT2D eigenvalue weighted by atomic mass is 9.95. The molecule has 4 rings (SSSR count). The summed E-state index contributed by atoms with van der Waals surface area (Å²) in [5.74, 6) is 1.06. The van der Waals surface area contributed by atoms with Crippen molar-refractivity contribution in [3.8, 4) is 0 Å². The van der Waals surface area contributed by atoms with Gasteiger partial charge in [0.15, 0.2) is 0 Å². The van der Waals surface area contributed by atoms with Gasteiger partial charge < -0.3 is 9.64 Å². The molecule has 0 unspecified atom stereocenters. The third kappa shape index (κ3) is 3.58. The van der Waals surface area contributed by atoms with Gasteiger partial charge in [-0.25, -0.2) is 0 Å². The molecule has 25 heavy (non-hydrogen) atoms. The molecule has 0 bridgehead atoms. The molecule has 1 fully saturated rings. The first kappa shape index (κ1) is 16.3. The summed E-state index contributed by atoms with van der Waals surface area (Å²) in [6.07, 6.45) is 6.63. The topological polar surface area (TPSA) is 60.2 Å². The maximum Gasteiger partial charge on any atom is 0.228 e. The predicted octanol–water partition coefficient (Wildman–Crippen LogP) is 2.00. The largest absolute Gasteiger partial charge is 0.384 e. The summed E-state index contributed by atoms with van der Waals surface area (Å²) in [5, 5.41) is 4.60. The highest BCUT2D eigenvalue weighted by Crippen LogP contribution is 2.34. The van der Waals surface area contributed by atoms with Crippen LogP contribution in [0.4, 0.5) is 0 Å². The highest BCUT2D eigenvalue weighted by atomic mass is 16.5. The molecule has 0 N–H and O–H groups in total. The van der Waals surface area contributed by atoms with Crippen molar-refractivity contribution in [2.24, 2.45) is 5.92 Å². The molecule has 6 heteroatoms. The van der Waals surface area contributed by atoms with Crippen LogP contribution in [-0.2, 0) is 29.0 Å². The Kier molecular flexibility index (Phi) is 4.53. The number of aromatic nitrogens is 3. The standard InChI is InChI=1S/C19H24N4O2/c1-25-13-15-11-22(19(24)8-16-4-2-3-7-20-16)12-18-17(15)9-21-23(18)10-14-5-6-14/h2-4,7,9,14-15H,5-6,8,10-13H2,1H3/t15-/m0/s1. The maximum absolute atomic E-state index is 12.8. The van der Waals surface area contributed by atoms with Gasteiger partial charge in [0.05, 0.1) is 31.5 Å². The molecule has 0 spiro atoms. The fourth-order valence-corrected chi connectivity index (χ4v) is 3.55. The van der Waals surface area contributed by atoms with Crippen LogP contribution in [0.15, 0.2) is 30.6 Å². The van der Waals surface area contributed by atoms with Crippen LogP contribution in [0.5, 0.6) is 0 Å². The summed E-state index contributed by atoms with van der Waals surface area (Å²) in [4.78, 5) is 19.0. The van der Waals surface area contributed by atoms with Crippen molar-refractivity contribution in [1.29, 1.82) is 0 Å². The van der Waals surface area contributed by atoms with E-state index >= 15 is 0 Å². The molecule has 2 aliphatic rings. The molecule has 3 heterocycles. The van der Waals surface area contributed by atoms with E-state index in [0.717, 1.165) is 18.2 Å². The molecule has 0 saturated heterocycles. The van der Waals surface area contributed by atoms with Crippen LogP contribution >= 0.6 is 0 Å². The van der Waals surface area contributed by atoms with Crippen LogP contribution < -0.4 is 0 Å². The Bertz CT molecular complexity index is 739. The van der Waals surface area contributed by atoms with Gasteiger partial charge in [0.1, 0.15) is 0 Å². The SMILES string of the molecule is COC[C@@H]1CN(C(=O)Cc2ccccn2)Cc2c1cnn2CC1CC1. The number of carbonyl (C=O) groups is 1. The third-order valence-corrected chi connectivity index (χ3v) is 5.11. The minimum atomic E-state index is 0.115. The highest BCUT2D eigenvalue weighted by Gasteiger charge is 2.32. The lowest BCUT2D eigenvalue weighted by molar-refractivity contribution is -0.132. The number of pyridine rings is 1. The fraction of sp³-hybridized carbons (Fsp3) is 0.526. The number of methoxy groups -OCH3 is 1. The van der Waals surface area contributed by atoms with Crippen LogP contribution in [0.1, 0.15) is 35.7 Å². The Labute approximate surface area is 147 Å². The van der Waals surface area contributed by atoms with Gasteiger partial charge >= 0.3 is 0 Å². The van der Waals surface area contributed by atoms with Crippen molar-refractivity contribution >= 4 is 5.91 Å². The van der Waals surface area contributed by atoms with E-state index < -0.39 is 0 Å². The number of hydrogen-bond acceptors (Lipinski definition) is 4. The molecule has 1 amide bonds. The van der Waals surface area contributed by atoms with Crippen LogP contribution in [0.2, 0.25) is 0 Å². The van der Waals surface area contributed by atoms with Gasteiger partial charge in [-0.3, -0.25) is 14.5 Å². The minimum absolute atomic E-state index is 0.115. The highest BCUT2D eigenvalue weighted by molar-refractivity contribution is 5.78. The number of hydrogen-bond donors (Lipinski definition) is 0. The Balaban J connectivity index is 1.54. The Hall–Kier alpha value is -2.21.